The summed E-state index contributed by atoms with van der Waals surface area (Å²) < 4.78 is 0. The second-order valence-corrected chi connectivity index (χ2v) is 1.75. The summed E-state index contributed by atoms with van der Waals surface area (Å²) in [7, 11) is 0. The molecule has 0 heterocycles. The van der Waals surface area contributed by atoms with Gasteiger partial charge in [-0.3, -0.25) is 4.79 Å². The molecule has 3 heteroatoms. The second kappa shape index (κ2) is 4.76. The minimum absolute atomic E-state index is 0.421. The molecular formula is C7H12N2O. The summed E-state index contributed by atoms with van der Waals surface area (Å²) in [5, 5.41) is 0. The number of allylic oxidation sites excluding steroid dienone is 1. The zero-order valence-corrected chi connectivity index (χ0v) is 6.00. The summed E-state index contributed by atoms with van der Waals surface area (Å²) in [5.74, 6) is -0.424. The molecular weight excluding hydrogens is 128 g/mol. The highest BCUT2D eigenvalue weighted by atomic mass is 16.1. The van der Waals surface area contributed by atoms with Crippen molar-refractivity contribution in [3.8, 4) is 0 Å². The molecule has 1 amide bonds. The molecule has 10 heavy (non-hydrogen) atoms. The van der Waals surface area contributed by atoms with Gasteiger partial charge in [0.2, 0.25) is 5.91 Å². The highest BCUT2D eigenvalue weighted by molar-refractivity contribution is 5.94. The van der Waals surface area contributed by atoms with E-state index in [-0.39, 0.29) is 0 Å². The van der Waals surface area contributed by atoms with Crippen LogP contribution in [0.5, 0.6) is 0 Å². The highest BCUT2D eigenvalue weighted by Crippen LogP contribution is 1.93. The second-order valence-electron chi connectivity index (χ2n) is 1.75. The van der Waals surface area contributed by atoms with E-state index in [1.165, 1.54) is 0 Å². The largest absolute Gasteiger partial charge is 0.366 e. The number of hydrogen-bond donors (Lipinski definition) is 2. The van der Waals surface area contributed by atoms with Crippen molar-refractivity contribution in [1.29, 1.82) is 0 Å². The Balaban J connectivity index is 4.12. The fraction of sp³-hybridized carbons (Fsp3) is 0.286. The average Bonchev–Trinajstić information content (AvgIpc) is 1.89. The zero-order valence-electron chi connectivity index (χ0n) is 6.00. The molecule has 0 radical (unpaired) electrons. The molecule has 0 fully saturated rings. The summed E-state index contributed by atoms with van der Waals surface area (Å²) in [6, 6.07) is 0. The zero-order chi connectivity index (χ0) is 7.98. The topological polar surface area (TPSA) is 69.1 Å². The minimum Gasteiger partial charge on any atom is -0.366 e. The van der Waals surface area contributed by atoms with Crippen LogP contribution in [-0.4, -0.2) is 12.5 Å². The molecule has 0 aliphatic carbocycles. The Bertz CT molecular complexity index is 170. The van der Waals surface area contributed by atoms with Gasteiger partial charge in [0.15, 0.2) is 0 Å². The van der Waals surface area contributed by atoms with Crippen molar-refractivity contribution in [3.63, 3.8) is 0 Å². The van der Waals surface area contributed by atoms with E-state index in [9.17, 15) is 4.79 Å². The number of amides is 1. The van der Waals surface area contributed by atoms with E-state index in [2.05, 4.69) is 0 Å². The van der Waals surface area contributed by atoms with Crippen LogP contribution in [0.1, 0.15) is 6.92 Å². The Morgan fingerprint density at radius 3 is 2.50 bits per heavy atom. The molecule has 0 saturated heterocycles. The number of rotatable bonds is 3. The number of nitrogens with two attached hydrogens (primary N) is 2. The normalized spacial score (nSPS) is 12.4. The molecule has 0 aromatic rings. The van der Waals surface area contributed by atoms with Gasteiger partial charge in [0.05, 0.1) is 0 Å². The lowest BCUT2D eigenvalue weighted by Crippen LogP contribution is -2.12. The molecule has 0 aromatic carbocycles. The van der Waals surface area contributed by atoms with Crippen LogP contribution in [0.2, 0.25) is 0 Å². The third-order valence-corrected chi connectivity index (χ3v) is 1.03. The van der Waals surface area contributed by atoms with E-state index in [1.54, 1.807) is 25.2 Å². The van der Waals surface area contributed by atoms with E-state index in [4.69, 9.17) is 11.5 Å². The van der Waals surface area contributed by atoms with Crippen molar-refractivity contribution in [2.75, 3.05) is 6.54 Å². The van der Waals surface area contributed by atoms with Gasteiger partial charge in [-0.15, -0.1) is 0 Å². The monoisotopic (exact) mass is 140 g/mol. The first-order valence-electron chi connectivity index (χ1n) is 3.05. The van der Waals surface area contributed by atoms with E-state index in [1.807, 2.05) is 0 Å². The molecule has 0 aliphatic heterocycles. The summed E-state index contributed by atoms with van der Waals surface area (Å²) in [6.45, 7) is 2.17. The lowest BCUT2D eigenvalue weighted by Gasteiger charge is -1.91. The van der Waals surface area contributed by atoms with Crippen LogP contribution in [0.3, 0.4) is 0 Å². The van der Waals surface area contributed by atoms with Gasteiger partial charge in [-0.05, 0) is 6.92 Å². The smallest absolute Gasteiger partial charge is 0.248 e. The summed E-state index contributed by atoms with van der Waals surface area (Å²) in [5.41, 5.74) is 10.6. The Labute approximate surface area is 60.4 Å². The molecule has 0 unspecified atom stereocenters. The SMILES string of the molecule is C/C=C(\C=C/CN)C(N)=O. The highest BCUT2D eigenvalue weighted by Gasteiger charge is 1.95. The maximum Gasteiger partial charge on any atom is 0.248 e. The molecule has 0 aromatic heterocycles. The Hall–Kier alpha value is -1.09. The number of primary amides is 1. The van der Waals surface area contributed by atoms with Crippen molar-refractivity contribution in [1.82, 2.24) is 0 Å². The first kappa shape index (κ1) is 8.91. The fourth-order valence-corrected chi connectivity index (χ4v) is 0.516. The van der Waals surface area contributed by atoms with Gasteiger partial charge in [-0.2, -0.15) is 0 Å². The maximum atomic E-state index is 10.5. The molecule has 56 valence electrons. The van der Waals surface area contributed by atoms with Gasteiger partial charge >= 0.3 is 0 Å². The third-order valence-electron chi connectivity index (χ3n) is 1.03. The summed E-state index contributed by atoms with van der Waals surface area (Å²) >= 11 is 0. The molecule has 0 atom stereocenters. The minimum atomic E-state index is -0.424. The van der Waals surface area contributed by atoms with Crippen molar-refractivity contribution in [3.05, 3.63) is 23.8 Å². The van der Waals surface area contributed by atoms with E-state index in [0.29, 0.717) is 12.1 Å². The van der Waals surface area contributed by atoms with Crippen molar-refractivity contribution in [2.24, 2.45) is 11.5 Å². The van der Waals surface area contributed by atoms with Crippen LogP contribution < -0.4 is 11.5 Å². The predicted molar refractivity (Wildman–Crippen MR) is 41.1 cm³/mol. The Morgan fingerprint density at radius 1 is 1.60 bits per heavy atom. The number of carbonyl (C=O) groups excluding carboxylic acids is 1. The van der Waals surface area contributed by atoms with Crippen LogP contribution >= 0.6 is 0 Å². The van der Waals surface area contributed by atoms with Crippen LogP contribution in [0, 0.1) is 0 Å². The van der Waals surface area contributed by atoms with Gasteiger partial charge in [0.25, 0.3) is 0 Å². The molecule has 0 saturated carbocycles. The Morgan fingerprint density at radius 2 is 2.20 bits per heavy atom. The quantitative estimate of drug-likeness (QED) is 0.425. The van der Waals surface area contributed by atoms with Crippen LogP contribution in [-0.2, 0) is 4.79 Å². The fourth-order valence-electron chi connectivity index (χ4n) is 0.516. The number of carbonyl (C=O) groups is 1. The maximum absolute atomic E-state index is 10.5. The Kier molecular flexibility index (Phi) is 4.24. The first-order chi connectivity index (χ1) is 4.72. The predicted octanol–water partition coefficient (Wildman–Crippen LogP) is -0.0671. The molecule has 0 spiro atoms. The summed E-state index contributed by atoms with van der Waals surface area (Å²) in [6.07, 6.45) is 4.94. The lowest BCUT2D eigenvalue weighted by molar-refractivity contribution is -0.114. The molecule has 4 N–H and O–H groups in total. The van der Waals surface area contributed by atoms with Gasteiger partial charge < -0.3 is 11.5 Å². The standard InChI is InChI=1S/C7H12N2O/c1-2-6(7(9)10)4-3-5-8/h2-4H,5,8H2,1H3,(H2,9,10)/b4-3-,6-2+. The van der Waals surface area contributed by atoms with E-state index in [0.717, 1.165) is 0 Å². The van der Waals surface area contributed by atoms with Crippen molar-refractivity contribution < 1.29 is 4.79 Å². The van der Waals surface area contributed by atoms with Gasteiger partial charge in [0, 0.05) is 12.1 Å². The molecule has 0 rings (SSSR count). The van der Waals surface area contributed by atoms with Gasteiger partial charge in [-0.25, -0.2) is 0 Å². The molecule has 0 bridgehead atoms. The summed E-state index contributed by atoms with van der Waals surface area (Å²) in [4.78, 5) is 10.5. The average molecular weight is 140 g/mol. The van der Waals surface area contributed by atoms with Crippen molar-refractivity contribution >= 4 is 5.91 Å². The van der Waals surface area contributed by atoms with Crippen LogP contribution in [0.15, 0.2) is 23.8 Å². The first-order valence-corrected chi connectivity index (χ1v) is 3.05. The van der Waals surface area contributed by atoms with Crippen molar-refractivity contribution in [2.45, 2.75) is 6.92 Å². The van der Waals surface area contributed by atoms with Gasteiger partial charge in [0.1, 0.15) is 0 Å². The molecule has 0 aliphatic rings. The number of hydrogen-bond acceptors (Lipinski definition) is 2. The third kappa shape index (κ3) is 3.04. The van der Waals surface area contributed by atoms with Crippen LogP contribution in [0.25, 0.3) is 0 Å². The van der Waals surface area contributed by atoms with E-state index < -0.39 is 5.91 Å². The van der Waals surface area contributed by atoms with Gasteiger partial charge in [-0.1, -0.05) is 18.2 Å². The lowest BCUT2D eigenvalue weighted by atomic mass is 10.2. The van der Waals surface area contributed by atoms with E-state index >= 15 is 0 Å². The van der Waals surface area contributed by atoms with Crippen LogP contribution in [0.4, 0.5) is 0 Å². The molecule has 3 nitrogen and oxygen atoms in total.